The SMILES string of the molecule is N#Cc1cc(N)c(NCCCO)c2c1COC2. The Morgan fingerprint density at radius 2 is 2.24 bits per heavy atom. The monoisotopic (exact) mass is 233 g/mol. The molecule has 2 rings (SSSR count). The fourth-order valence-corrected chi connectivity index (χ4v) is 1.98. The largest absolute Gasteiger partial charge is 0.397 e. The quantitative estimate of drug-likeness (QED) is 0.532. The van der Waals surface area contributed by atoms with E-state index < -0.39 is 0 Å². The summed E-state index contributed by atoms with van der Waals surface area (Å²) in [5.41, 5.74) is 9.80. The van der Waals surface area contributed by atoms with E-state index >= 15 is 0 Å². The number of ether oxygens (including phenoxy) is 1. The number of nitrogen functional groups attached to an aromatic ring is 1. The average molecular weight is 233 g/mol. The molecule has 1 aliphatic heterocycles. The van der Waals surface area contributed by atoms with Gasteiger partial charge >= 0.3 is 0 Å². The van der Waals surface area contributed by atoms with E-state index in [1.54, 1.807) is 6.07 Å². The van der Waals surface area contributed by atoms with Gasteiger partial charge in [0.1, 0.15) is 0 Å². The molecule has 1 aromatic carbocycles. The lowest BCUT2D eigenvalue weighted by molar-refractivity contribution is 0.134. The fraction of sp³-hybridized carbons (Fsp3) is 0.417. The predicted octanol–water partition coefficient (Wildman–Crippen LogP) is 0.965. The van der Waals surface area contributed by atoms with Gasteiger partial charge in [0.05, 0.1) is 36.2 Å². The van der Waals surface area contributed by atoms with Crippen LogP contribution in [0.25, 0.3) is 0 Å². The van der Waals surface area contributed by atoms with Gasteiger partial charge in [0, 0.05) is 24.3 Å². The molecule has 90 valence electrons. The molecule has 0 unspecified atom stereocenters. The molecule has 0 fully saturated rings. The van der Waals surface area contributed by atoms with Gasteiger partial charge in [-0.2, -0.15) is 5.26 Å². The van der Waals surface area contributed by atoms with Crippen LogP contribution in [0.3, 0.4) is 0 Å². The maximum atomic E-state index is 9.02. The Morgan fingerprint density at radius 3 is 2.94 bits per heavy atom. The van der Waals surface area contributed by atoms with Crippen molar-refractivity contribution >= 4 is 11.4 Å². The molecule has 0 aliphatic carbocycles. The number of benzene rings is 1. The first-order valence-electron chi connectivity index (χ1n) is 5.54. The number of anilines is 2. The number of fused-ring (bicyclic) bond motifs is 1. The number of hydrogen-bond acceptors (Lipinski definition) is 5. The third kappa shape index (κ3) is 2.18. The van der Waals surface area contributed by atoms with E-state index in [4.69, 9.17) is 20.8 Å². The molecule has 0 saturated carbocycles. The van der Waals surface area contributed by atoms with Crippen LogP contribution in [0.15, 0.2) is 6.07 Å². The van der Waals surface area contributed by atoms with Gasteiger partial charge < -0.3 is 20.9 Å². The molecule has 5 heteroatoms. The zero-order chi connectivity index (χ0) is 12.3. The minimum Gasteiger partial charge on any atom is -0.397 e. The van der Waals surface area contributed by atoms with E-state index in [0.717, 1.165) is 16.8 Å². The Hall–Kier alpha value is -1.77. The first kappa shape index (κ1) is 11.7. The van der Waals surface area contributed by atoms with Crippen LogP contribution < -0.4 is 11.1 Å². The number of rotatable bonds is 4. The lowest BCUT2D eigenvalue weighted by atomic mass is 10.0. The Bertz CT molecular complexity index is 466. The van der Waals surface area contributed by atoms with Crippen molar-refractivity contribution in [2.45, 2.75) is 19.6 Å². The van der Waals surface area contributed by atoms with Crippen molar-refractivity contribution in [3.8, 4) is 6.07 Å². The topological polar surface area (TPSA) is 91.3 Å². The normalized spacial score (nSPS) is 13.2. The summed E-state index contributed by atoms with van der Waals surface area (Å²) in [5, 5.41) is 21.0. The van der Waals surface area contributed by atoms with Crippen molar-refractivity contribution in [2.24, 2.45) is 0 Å². The van der Waals surface area contributed by atoms with Crippen molar-refractivity contribution in [3.05, 3.63) is 22.8 Å². The summed E-state index contributed by atoms with van der Waals surface area (Å²) in [6.07, 6.45) is 0.662. The fourth-order valence-electron chi connectivity index (χ4n) is 1.98. The minimum absolute atomic E-state index is 0.141. The molecule has 0 saturated heterocycles. The summed E-state index contributed by atoms with van der Waals surface area (Å²) in [6, 6.07) is 3.81. The molecule has 5 nitrogen and oxygen atoms in total. The second-order valence-corrected chi connectivity index (χ2v) is 3.95. The van der Waals surface area contributed by atoms with Crippen LogP contribution >= 0.6 is 0 Å². The van der Waals surface area contributed by atoms with Gasteiger partial charge in [0.2, 0.25) is 0 Å². The molecule has 1 heterocycles. The smallest absolute Gasteiger partial charge is 0.0996 e. The number of nitriles is 1. The average Bonchev–Trinajstić information content (AvgIpc) is 2.80. The first-order chi connectivity index (χ1) is 8.27. The summed E-state index contributed by atoms with van der Waals surface area (Å²) in [5.74, 6) is 0. The predicted molar refractivity (Wildman–Crippen MR) is 64.3 cm³/mol. The van der Waals surface area contributed by atoms with E-state index in [9.17, 15) is 0 Å². The van der Waals surface area contributed by atoms with Gasteiger partial charge in [0.25, 0.3) is 0 Å². The minimum atomic E-state index is 0.141. The maximum absolute atomic E-state index is 9.02. The van der Waals surface area contributed by atoms with Crippen LogP contribution in [-0.2, 0) is 18.0 Å². The van der Waals surface area contributed by atoms with Gasteiger partial charge in [-0.05, 0) is 12.5 Å². The standard InChI is InChI=1S/C12H15N3O2/c13-5-8-4-11(14)12(15-2-1-3-16)10-7-17-6-9(8)10/h4,15-16H,1-3,6-7,14H2. The van der Waals surface area contributed by atoms with E-state index in [2.05, 4.69) is 11.4 Å². The molecule has 17 heavy (non-hydrogen) atoms. The Kier molecular flexibility index (Phi) is 3.47. The molecular formula is C12H15N3O2. The molecule has 1 aliphatic rings. The van der Waals surface area contributed by atoms with Crippen LogP contribution in [0.2, 0.25) is 0 Å². The molecule has 0 aromatic heterocycles. The van der Waals surface area contributed by atoms with Crippen molar-refractivity contribution in [1.29, 1.82) is 5.26 Å². The highest BCUT2D eigenvalue weighted by Crippen LogP contribution is 2.34. The van der Waals surface area contributed by atoms with Gasteiger partial charge in [-0.25, -0.2) is 0 Å². The summed E-state index contributed by atoms with van der Waals surface area (Å²) in [6.45, 7) is 1.74. The zero-order valence-corrected chi connectivity index (χ0v) is 9.49. The van der Waals surface area contributed by atoms with Crippen LogP contribution in [0, 0.1) is 11.3 Å². The summed E-state index contributed by atoms with van der Waals surface area (Å²) in [4.78, 5) is 0. The van der Waals surface area contributed by atoms with E-state index in [0.29, 0.717) is 37.4 Å². The molecule has 0 atom stereocenters. The summed E-state index contributed by atoms with van der Waals surface area (Å²) >= 11 is 0. The van der Waals surface area contributed by atoms with Crippen molar-refractivity contribution in [1.82, 2.24) is 0 Å². The van der Waals surface area contributed by atoms with Crippen molar-refractivity contribution < 1.29 is 9.84 Å². The number of aliphatic hydroxyl groups is 1. The maximum Gasteiger partial charge on any atom is 0.0996 e. The Balaban J connectivity index is 2.33. The highest BCUT2D eigenvalue weighted by Gasteiger charge is 2.21. The van der Waals surface area contributed by atoms with Gasteiger partial charge in [0.15, 0.2) is 0 Å². The lowest BCUT2D eigenvalue weighted by Gasteiger charge is -2.14. The highest BCUT2D eigenvalue weighted by molar-refractivity contribution is 5.75. The van der Waals surface area contributed by atoms with Crippen molar-refractivity contribution in [3.63, 3.8) is 0 Å². The molecule has 0 amide bonds. The third-order valence-electron chi connectivity index (χ3n) is 2.83. The van der Waals surface area contributed by atoms with E-state index in [-0.39, 0.29) is 6.61 Å². The van der Waals surface area contributed by atoms with Crippen LogP contribution in [0.5, 0.6) is 0 Å². The van der Waals surface area contributed by atoms with Crippen molar-refractivity contribution in [2.75, 3.05) is 24.2 Å². The lowest BCUT2D eigenvalue weighted by Crippen LogP contribution is -2.09. The van der Waals surface area contributed by atoms with Gasteiger partial charge in [-0.15, -0.1) is 0 Å². The molecular weight excluding hydrogens is 218 g/mol. The second kappa shape index (κ2) is 5.04. The van der Waals surface area contributed by atoms with E-state index in [1.807, 2.05) is 0 Å². The van der Waals surface area contributed by atoms with Crippen LogP contribution in [0.1, 0.15) is 23.1 Å². The molecule has 0 bridgehead atoms. The van der Waals surface area contributed by atoms with Gasteiger partial charge in [-0.1, -0.05) is 0 Å². The van der Waals surface area contributed by atoms with Crippen LogP contribution in [-0.4, -0.2) is 18.3 Å². The molecule has 0 radical (unpaired) electrons. The number of nitrogens with two attached hydrogens (primary N) is 1. The van der Waals surface area contributed by atoms with Crippen LogP contribution in [0.4, 0.5) is 11.4 Å². The second-order valence-electron chi connectivity index (χ2n) is 3.95. The first-order valence-corrected chi connectivity index (χ1v) is 5.54. The van der Waals surface area contributed by atoms with Gasteiger partial charge in [-0.3, -0.25) is 0 Å². The zero-order valence-electron chi connectivity index (χ0n) is 9.49. The molecule has 4 N–H and O–H groups in total. The number of nitrogens with one attached hydrogen (secondary N) is 1. The summed E-state index contributed by atoms with van der Waals surface area (Å²) in [7, 11) is 0. The molecule has 1 aromatic rings. The number of hydrogen-bond donors (Lipinski definition) is 3. The van der Waals surface area contributed by atoms with E-state index in [1.165, 1.54) is 0 Å². The Labute approximate surface area is 99.8 Å². The Morgan fingerprint density at radius 1 is 1.47 bits per heavy atom. The number of nitrogens with zero attached hydrogens (tertiary/aromatic N) is 1. The summed E-state index contributed by atoms with van der Waals surface area (Å²) < 4.78 is 5.36. The number of aliphatic hydroxyl groups excluding tert-OH is 1. The third-order valence-corrected chi connectivity index (χ3v) is 2.83. The highest BCUT2D eigenvalue weighted by atomic mass is 16.5. The molecule has 0 spiro atoms.